The second-order valence-corrected chi connectivity index (χ2v) is 7.07. The van der Waals surface area contributed by atoms with Crippen LogP contribution < -0.4 is 21.7 Å². The van der Waals surface area contributed by atoms with Crippen LogP contribution in [-0.4, -0.2) is 58.6 Å². The third kappa shape index (κ3) is 8.18. The molecule has 0 aliphatic carbocycles. The number of carbonyl (C=O) groups is 4. The van der Waals surface area contributed by atoms with E-state index in [1.807, 2.05) is 0 Å². The van der Waals surface area contributed by atoms with Gasteiger partial charge in [0.05, 0.1) is 12.6 Å². The molecule has 0 aliphatic heterocycles. The van der Waals surface area contributed by atoms with E-state index in [1.165, 1.54) is 19.1 Å². The van der Waals surface area contributed by atoms with Crippen molar-refractivity contribution in [1.82, 2.24) is 16.0 Å². The van der Waals surface area contributed by atoms with Gasteiger partial charge in [-0.2, -0.15) is 0 Å². The first-order chi connectivity index (χ1) is 13.5. The van der Waals surface area contributed by atoms with E-state index in [0.29, 0.717) is 5.56 Å². The van der Waals surface area contributed by atoms with E-state index in [0.717, 1.165) is 0 Å². The lowest BCUT2D eigenvalue weighted by Crippen LogP contribution is -2.55. The molecule has 3 unspecified atom stereocenters. The van der Waals surface area contributed by atoms with Crippen LogP contribution in [0.2, 0.25) is 0 Å². The first kappa shape index (κ1) is 23.9. The van der Waals surface area contributed by atoms with Gasteiger partial charge in [0.1, 0.15) is 17.8 Å². The van der Waals surface area contributed by atoms with Crippen LogP contribution in [0, 0.1) is 5.92 Å². The van der Waals surface area contributed by atoms with Crippen molar-refractivity contribution in [2.45, 2.75) is 45.3 Å². The van der Waals surface area contributed by atoms with Gasteiger partial charge in [-0.3, -0.25) is 14.4 Å². The van der Waals surface area contributed by atoms with Crippen molar-refractivity contribution in [3.8, 4) is 5.75 Å². The van der Waals surface area contributed by atoms with Crippen LogP contribution in [0.25, 0.3) is 0 Å². The first-order valence-corrected chi connectivity index (χ1v) is 9.15. The van der Waals surface area contributed by atoms with E-state index in [1.54, 1.807) is 26.0 Å². The zero-order valence-electron chi connectivity index (χ0n) is 16.6. The Morgan fingerprint density at radius 2 is 1.59 bits per heavy atom. The molecule has 0 spiro atoms. The number of phenolic OH excluding ortho intramolecular Hbond substituents is 1. The maximum atomic E-state index is 12.6. The number of phenols is 1. The summed E-state index contributed by atoms with van der Waals surface area (Å²) in [5.41, 5.74) is 6.01. The van der Waals surface area contributed by atoms with Crippen LogP contribution in [0.1, 0.15) is 26.3 Å². The van der Waals surface area contributed by atoms with Crippen LogP contribution >= 0.6 is 0 Å². The number of nitrogens with two attached hydrogens (primary N) is 1. The van der Waals surface area contributed by atoms with Gasteiger partial charge >= 0.3 is 5.97 Å². The number of aromatic hydroxyl groups is 1. The fourth-order valence-corrected chi connectivity index (χ4v) is 2.42. The molecule has 1 aromatic rings. The number of aliphatic carboxylic acids is 1. The molecule has 0 radical (unpaired) electrons. The molecule has 3 atom stereocenters. The van der Waals surface area contributed by atoms with Crippen molar-refractivity contribution in [2.24, 2.45) is 11.7 Å². The lowest BCUT2D eigenvalue weighted by molar-refractivity contribution is -0.142. The molecule has 0 heterocycles. The van der Waals surface area contributed by atoms with Gasteiger partial charge in [-0.25, -0.2) is 4.79 Å². The Hall–Kier alpha value is -3.14. The molecule has 10 nitrogen and oxygen atoms in total. The highest BCUT2D eigenvalue weighted by atomic mass is 16.4. The third-order valence-electron chi connectivity index (χ3n) is 4.09. The standard InChI is InChI=1S/C19H28N4O6/c1-10(2)16(23-15(25)9-21-17(26)11(3)20)18(27)22-14(19(28)29)8-12-4-6-13(24)7-5-12/h4-7,10-11,14,16,24H,8-9,20H2,1-3H3,(H,21,26)(H,22,27)(H,23,25)(H,28,29). The van der Waals surface area contributed by atoms with Crippen molar-refractivity contribution in [3.05, 3.63) is 29.8 Å². The van der Waals surface area contributed by atoms with Gasteiger partial charge in [0.2, 0.25) is 17.7 Å². The number of benzene rings is 1. The minimum absolute atomic E-state index is 0.00452. The zero-order valence-corrected chi connectivity index (χ0v) is 16.6. The monoisotopic (exact) mass is 408 g/mol. The SMILES string of the molecule is CC(N)C(=O)NCC(=O)NC(C(=O)NC(Cc1ccc(O)cc1)C(=O)O)C(C)C. The summed E-state index contributed by atoms with van der Waals surface area (Å²) in [5, 5.41) is 26.0. The predicted octanol–water partition coefficient (Wildman–Crippen LogP) is -0.892. The summed E-state index contributed by atoms with van der Waals surface area (Å²) in [6, 6.07) is 2.97. The number of carboxylic acid groups (broad SMARTS) is 1. The van der Waals surface area contributed by atoms with E-state index < -0.39 is 41.8 Å². The minimum Gasteiger partial charge on any atom is -0.508 e. The molecule has 0 aromatic heterocycles. The zero-order chi connectivity index (χ0) is 22.1. The molecular weight excluding hydrogens is 380 g/mol. The average Bonchev–Trinajstić information content (AvgIpc) is 2.64. The summed E-state index contributed by atoms with van der Waals surface area (Å²) < 4.78 is 0. The number of carboxylic acids is 1. The molecule has 0 saturated carbocycles. The van der Waals surface area contributed by atoms with Gasteiger partial charge in [-0.15, -0.1) is 0 Å². The van der Waals surface area contributed by atoms with E-state index in [2.05, 4.69) is 16.0 Å². The normalized spacial score (nSPS) is 13.8. The van der Waals surface area contributed by atoms with Crippen molar-refractivity contribution in [2.75, 3.05) is 6.54 Å². The summed E-state index contributed by atoms with van der Waals surface area (Å²) in [5.74, 6) is -3.28. The van der Waals surface area contributed by atoms with Crippen molar-refractivity contribution < 1.29 is 29.4 Å². The molecule has 0 bridgehead atoms. The Morgan fingerprint density at radius 1 is 1.00 bits per heavy atom. The third-order valence-corrected chi connectivity index (χ3v) is 4.09. The lowest BCUT2D eigenvalue weighted by Gasteiger charge is -2.24. The van der Waals surface area contributed by atoms with E-state index >= 15 is 0 Å². The number of amides is 3. The predicted molar refractivity (Wildman–Crippen MR) is 105 cm³/mol. The topological polar surface area (TPSA) is 171 Å². The molecule has 0 aliphatic rings. The molecular formula is C19H28N4O6. The van der Waals surface area contributed by atoms with Gasteiger partial charge in [0.25, 0.3) is 0 Å². The van der Waals surface area contributed by atoms with Crippen LogP contribution in [0.4, 0.5) is 0 Å². The number of hydrogen-bond acceptors (Lipinski definition) is 6. The molecule has 10 heteroatoms. The number of carbonyl (C=O) groups excluding carboxylic acids is 3. The summed E-state index contributed by atoms with van der Waals surface area (Å²) in [4.78, 5) is 47.6. The largest absolute Gasteiger partial charge is 0.508 e. The fourth-order valence-electron chi connectivity index (χ4n) is 2.42. The van der Waals surface area contributed by atoms with Gasteiger partial charge in [0.15, 0.2) is 0 Å². The molecule has 0 fully saturated rings. The maximum Gasteiger partial charge on any atom is 0.326 e. The summed E-state index contributed by atoms with van der Waals surface area (Å²) in [7, 11) is 0. The van der Waals surface area contributed by atoms with Crippen LogP contribution in [0.3, 0.4) is 0 Å². The lowest BCUT2D eigenvalue weighted by atomic mass is 10.0. The van der Waals surface area contributed by atoms with Crippen molar-refractivity contribution >= 4 is 23.7 Å². The van der Waals surface area contributed by atoms with Gasteiger partial charge in [-0.1, -0.05) is 26.0 Å². The molecule has 160 valence electrons. The Balaban J connectivity index is 2.75. The van der Waals surface area contributed by atoms with Crippen LogP contribution in [0.15, 0.2) is 24.3 Å². The van der Waals surface area contributed by atoms with E-state index in [9.17, 15) is 29.4 Å². The number of rotatable bonds is 10. The fraction of sp³-hybridized carbons (Fsp3) is 0.474. The Bertz CT molecular complexity index is 733. The first-order valence-electron chi connectivity index (χ1n) is 9.15. The molecule has 29 heavy (non-hydrogen) atoms. The Kier molecular flexibility index (Phi) is 9.07. The van der Waals surface area contributed by atoms with Crippen molar-refractivity contribution in [1.29, 1.82) is 0 Å². The summed E-state index contributed by atoms with van der Waals surface area (Å²) in [6.45, 7) is 4.51. The Morgan fingerprint density at radius 3 is 2.07 bits per heavy atom. The molecule has 1 aromatic carbocycles. The summed E-state index contributed by atoms with van der Waals surface area (Å²) in [6.07, 6.45) is 0.00452. The second-order valence-electron chi connectivity index (χ2n) is 7.07. The molecule has 7 N–H and O–H groups in total. The van der Waals surface area contributed by atoms with Gasteiger partial charge < -0.3 is 31.9 Å². The van der Waals surface area contributed by atoms with Crippen LogP contribution in [0.5, 0.6) is 5.75 Å². The number of nitrogens with one attached hydrogen (secondary N) is 3. The van der Waals surface area contributed by atoms with Gasteiger partial charge in [0, 0.05) is 6.42 Å². The maximum absolute atomic E-state index is 12.6. The minimum atomic E-state index is -1.23. The summed E-state index contributed by atoms with van der Waals surface area (Å²) >= 11 is 0. The highest BCUT2D eigenvalue weighted by Gasteiger charge is 2.29. The quantitative estimate of drug-likeness (QED) is 0.291. The Labute approximate surface area is 168 Å². The van der Waals surface area contributed by atoms with Crippen molar-refractivity contribution in [3.63, 3.8) is 0 Å². The van der Waals surface area contributed by atoms with E-state index in [4.69, 9.17) is 5.73 Å². The highest BCUT2D eigenvalue weighted by molar-refractivity contribution is 5.92. The molecule has 1 rings (SSSR count). The molecule has 3 amide bonds. The molecule has 0 saturated heterocycles. The second kappa shape index (κ2) is 11.0. The van der Waals surface area contributed by atoms with Crippen LogP contribution in [-0.2, 0) is 25.6 Å². The van der Waals surface area contributed by atoms with Gasteiger partial charge in [-0.05, 0) is 30.5 Å². The van der Waals surface area contributed by atoms with E-state index in [-0.39, 0.29) is 24.6 Å². The number of hydrogen-bond donors (Lipinski definition) is 6. The smallest absolute Gasteiger partial charge is 0.326 e. The average molecular weight is 408 g/mol. The highest BCUT2D eigenvalue weighted by Crippen LogP contribution is 2.12.